The highest BCUT2D eigenvalue weighted by atomic mass is 16.2. The first-order valence-corrected chi connectivity index (χ1v) is 12.3. The quantitative estimate of drug-likeness (QED) is 0.329. The van der Waals surface area contributed by atoms with Crippen LogP contribution in [0.1, 0.15) is 44.5 Å². The lowest BCUT2D eigenvalue weighted by Crippen LogP contribution is -2.31. The van der Waals surface area contributed by atoms with Crippen LogP contribution in [0.5, 0.6) is 0 Å². The summed E-state index contributed by atoms with van der Waals surface area (Å²) >= 11 is 0. The molecule has 0 aliphatic heterocycles. The molecule has 2 aromatic carbocycles. The maximum absolute atomic E-state index is 13.1. The average molecular weight is 485 g/mol. The molecule has 0 saturated carbocycles. The highest BCUT2D eigenvalue weighted by molar-refractivity contribution is 5.82. The molecule has 5 rings (SSSR count). The van der Waals surface area contributed by atoms with E-state index in [-0.39, 0.29) is 0 Å². The molecule has 0 aliphatic rings. The van der Waals surface area contributed by atoms with Crippen molar-refractivity contribution in [1.29, 1.82) is 0 Å². The van der Waals surface area contributed by atoms with Gasteiger partial charge >= 0.3 is 5.69 Å². The van der Waals surface area contributed by atoms with Gasteiger partial charge in [-0.25, -0.2) is 9.78 Å². The first-order chi connectivity index (χ1) is 17.6. The van der Waals surface area contributed by atoms with Crippen molar-refractivity contribution in [2.24, 2.45) is 0 Å². The maximum Gasteiger partial charge on any atom is 0.330 e. The number of benzene rings is 2. The SMILES string of the molecule is CCCCc1nc2c(c(=O)[nH]c(=O)n2CCC)n1Cc1ccccc1-c1ccccc1-c1nn[nH]n1. The molecule has 3 heterocycles. The van der Waals surface area contributed by atoms with E-state index in [1.54, 1.807) is 4.57 Å². The van der Waals surface area contributed by atoms with E-state index in [1.165, 1.54) is 0 Å². The normalized spacial score (nSPS) is 11.4. The van der Waals surface area contributed by atoms with Crippen molar-refractivity contribution in [1.82, 2.24) is 39.7 Å². The van der Waals surface area contributed by atoms with Crippen molar-refractivity contribution in [2.45, 2.75) is 52.6 Å². The largest absolute Gasteiger partial charge is 0.330 e. The van der Waals surface area contributed by atoms with Gasteiger partial charge in [0.2, 0.25) is 5.82 Å². The second kappa shape index (κ2) is 10.1. The Balaban J connectivity index is 1.69. The minimum atomic E-state index is -0.421. The summed E-state index contributed by atoms with van der Waals surface area (Å²) in [5.74, 6) is 1.31. The third kappa shape index (κ3) is 4.26. The molecule has 0 unspecified atom stereocenters. The molecule has 0 amide bonds. The fourth-order valence-electron chi connectivity index (χ4n) is 4.62. The van der Waals surface area contributed by atoms with Crippen molar-refractivity contribution >= 4 is 11.2 Å². The molecule has 0 atom stereocenters. The van der Waals surface area contributed by atoms with Gasteiger partial charge in [0.05, 0.1) is 6.54 Å². The van der Waals surface area contributed by atoms with Gasteiger partial charge in [-0.05, 0) is 34.7 Å². The molecule has 10 nitrogen and oxygen atoms in total. The number of nitrogens with zero attached hydrogens (tertiary/aromatic N) is 6. The first kappa shape index (κ1) is 23.4. The van der Waals surface area contributed by atoms with E-state index in [0.29, 0.717) is 36.5 Å². The number of H-pyrrole nitrogens is 2. The van der Waals surface area contributed by atoms with Crippen LogP contribution in [-0.4, -0.2) is 39.7 Å². The summed E-state index contributed by atoms with van der Waals surface area (Å²) < 4.78 is 3.53. The van der Waals surface area contributed by atoms with Crippen LogP contribution in [0.2, 0.25) is 0 Å². The Kier molecular flexibility index (Phi) is 6.57. The summed E-state index contributed by atoms with van der Waals surface area (Å²) in [5.41, 5.74) is 3.87. The third-order valence-electron chi connectivity index (χ3n) is 6.32. The van der Waals surface area contributed by atoms with Crippen LogP contribution in [0.3, 0.4) is 0 Å². The van der Waals surface area contributed by atoms with E-state index in [2.05, 4.69) is 38.6 Å². The van der Waals surface area contributed by atoms with Gasteiger partial charge in [-0.2, -0.15) is 5.21 Å². The van der Waals surface area contributed by atoms with E-state index < -0.39 is 11.2 Å². The highest BCUT2D eigenvalue weighted by Crippen LogP contribution is 2.33. The maximum atomic E-state index is 13.1. The standard InChI is InChI=1S/C26H28N8O2/c1-3-5-14-21-27-24-22(25(35)28-26(36)33(24)15-4-2)34(21)16-17-10-6-7-11-18(17)19-12-8-9-13-20(19)23-29-31-32-30-23/h6-13H,3-5,14-16H2,1-2H3,(H,28,35,36)(H,29,30,31,32). The van der Waals surface area contributed by atoms with E-state index in [9.17, 15) is 9.59 Å². The number of fused-ring (bicyclic) bond motifs is 1. The molecular weight excluding hydrogens is 456 g/mol. The topological polar surface area (TPSA) is 127 Å². The Hall–Kier alpha value is -4.34. The number of imidazole rings is 1. The summed E-state index contributed by atoms with van der Waals surface area (Å²) in [6.45, 7) is 5.04. The summed E-state index contributed by atoms with van der Waals surface area (Å²) in [7, 11) is 0. The number of hydrogen-bond acceptors (Lipinski definition) is 6. The van der Waals surface area contributed by atoms with Crippen LogP contribution in [0.25, 0.3) is 33.7 Å². The predicted molar refractivity (Wildman–Crippen MR) is 138 cm³/mol. The van der Waals surface area contributed by atoms with Gasteiger partial charge in [0.25, 0.3) is 5.56 Å². The van der Waals surface area contributed by atoms with Gasteiger partial charge in [0.1, 0.15) is 5.82 Å². The molecule has 36 heavy (non-hydrogen) atoms. The molecule has 0 aliphatic carbocycles. The van der Waals surface area contributed by atoms with Crippen LogP contribution >= 0.6 is 0 Å². The zero-order valence-electron chi connectivity index (χ0n) is 20.4. The van der Waals surface area contributed by atoms with Gasteiger partial charge in [-0.3, -0.25) is 14.3 Å². The van der Waals surface area contributed by atoms with Crippen LogP contribution in [0.15, 0.2) is 58.1 Å². The van der Waals surface area contributed by atoms with E-state index in [1.807, 2.05) is 54.0 Å². The Labute approximate surface area is 207 Å². The molecule has 0 bridgehead atoms. The second-order valence-corrected chi connectivity index (χ2v) is 8.74. The number of hydrogen-bond donors (Lipinski definition) is 2. The van der Waals surface area contributed by atoms with Crippen molar-refractivity contribution in [3.05, 3.63) is 80.8 Å². The number of rotatable bonds is 9. The Morgan fingerprint density at radius 3 is 2.36 bits per heavy atom. The molecule has 0 fully saturated rings. The average Bonchev–Trinajstić information content (AvgIpc) is 3.55. The first-order valence-electron chi connectivity index (χ1n) is 12.3. The number of nitrogens with one attached hydrogen (secondary N) is 2. The van der Waals surface area contributed by atoms with Crippen LogP contribution < -0.4 is 11.2 Å². The molecule has 2 N–H and O–H groups in total. The zero-order valence-corrected chi connectivity index (χ0v) is 20.4. The van der Waals surface area contributed by atoms with E-state index >= 15 is 0 Å². The molecule has 3 aromatic heterocycles. The number of unbranched alkanes of at least 4 members (excludes halogenated alkanes) is 1. The summed E-state index contributed by atoms with van der Waals surface area (Å²) in [5, 5.41) is 14.6. The molecular formula is C26H28N8O2. The van der Waals surface area contributed by atoms with Gasteiger partial charge in [0.15, 0.2) is 11.2 Å². The van der Waals surface area contributed by atoms with Crippen LogP contribution in [0.4, 0.5) is 0 Å². The Bertz CT molecular complexity index is 1610. The Morgan fingerprint density at radius 2 is 1.64 bits per heavy atom. The number of aromatic nitrogens is 8. The Morgan fingerprint density at radius 1 is 0.889 bits per heavy atom. The van der Waals surface area contributed by atoms with Gasteiger partial charge in [0, 0.05) is 18.5 Å². The highest BCUT2D eigenvalue weighted by Gasteiger charge is 2.20. The third-order valence-corrected chi connectivity index (χ3v) is 6.32. The van der Waals surface area contributed by atoms with E-state index in [4.69, 9.17) is 4.98 Å². The van der Waals surface area contributed by atoms with Crippen LogP contribution in [-0.2, 0) is 19.5 Å². The minimum Gasteiger partial charge on any atom is -0.318 e. The second-order valence-electron chi connectivity index (χ2n) is 8.74. The van der Waals surface area contributed by atoms with Crippen LogP contribution in [0, 0.1) is 0 Å². The predicted octanol–water partition coefficient (Wildman–Crippen LogP) is 3.53. The van der Waals surface area contributed by atoms with E-state index in [0.717, 1.165) is 47.3 Å². The number of aromatic amines is 2. The number of tetrazole rings is 1. The molecule has 5 aromatic rings. The molecule has 0 spiro atoms. The smallest absolute Gasteiger partial charge is 0.318 e. The van der Waals surface area contributed by atoms with Crippen molar-refractivity contribution < 1.29 is 0 Å². The fourth-order valence-corrected chi connectivity index (χ4v) is 4.62. The minimum absolute atomic E-state index is 0.415. The molecule has 10 heteroatoms. The summed E-state index contributed by atoms with van der Waals surface area (Å²) in [4.78, 5) is 32.9. The molecule has 184 valence electrons. The van der Waals surface area contributed by atoms with Crippen molar-refractivity contribution in [2.75, 3.05) is 0 Å². The lowest BCUT2D eigenvalue weighted by molar-refractivity contribution is 0.651. The van der Waals surface area contributed by atoms with Gasteiger partial charge < -0.3 is 4.57 Å². The van der Waals surface area contributed by atoms with Crippen molar-refractivity contribution in [3.8, 4) is 22.5 Å². The fraction of sp³-hybridized carbons (Fsp3) is 0.308. The summed E-state index contributed by atoms with van der Waals surface area (Å²) in [6, 6.07) is 16.0. The zero-order chi connectivity index (χ0) is 25.1. The number of aryl methyl sites for hydroxylation is 2. The monoisotopic (exact) mass is 484 g/mol. The van der Waals surface area contributed by atoms with Gasteiger partial charge in [-0.1, -0.05) is 68.8 Å². The lowest BCUT2D eigenvalue weighted by atomic mass is 9.95. The molecule has 0 saturated heterocycles. The molecule has 0 radical (unpaired) electrons. The lowest BCUT2D eigenvalue weighted by Gasteiger charge is -2.15. The van der Waals surface area contributed by atoms with Crippen molar-refractivity contribution in [3.63, 3.8) is 0 Å². The van der Waals surface area contributed by atoms with Gasteiger partial charge in [-0.15, -0.1) is 10.2 Å². The summed E-state index contributed by atoms with van der Waals surface area (Å²) in [6.07, 6.45) is 3.40.